The Labute approximate surface area is 131 Å². The average Bonchev–Trinajstić information content (AvgIpc) is 2.96. The molecule has 0 bridgehead atoms. The molecule has 8 N–H and O–H groups in total. The van der Waals surface area contributed by atoms with Gasteiger partial charge in [0.25, 0.3) is 0 Å². The highest BCUT2D eigenvalue weighted by Crippen LogP contribution is 2.13. The van der Waals surface area contributed by atoms with Crippen LogP contribution in [-0.4, -0.2) is 51.0 Å². The molecule has 0 radical (unpaired) electrons. The summed E-state index contributed by atoms with van der Waals surface area (Å²) in [5, 5.41) is 2.63. The van der Waals surface area contributed by atoms with E-state index in [1.165, 1.54) is 6.33 Å². The number of anilines is 1. The highest BCUT2D eigenvalue weighted by atomic mass is 16.2. The number of nitrogens with two attached hydrogens (primary N) is 2. The molecule has 2 aromatic rings. The van der Waals surface area contributed by atoms with Crippen LogP contribution in [0.2, 0.25) is 0 Å². The molecule has 12 nitrogen and oxygen atoms in total. The number of hydrazine groups is 2. The van der Waals surface area contributed by atoms with Crippen molar-refractivity contribution in [3.05, 3.63) is 12.7 Å². The Morgan fingerprint density at radius 1 is 1.17 bits per heavy atom. The van der Waals surface area contributed by atoms with E-state index >= 15 is 0 Å². The average molecular weight is 322 g/mol. The van der Waals surface area contributed by atoms with Crippen molar-refractivity contribution < 1.29 is 9.59 Å². The fraction of sp³-hybridized carbons (Fsp3) is 0.364. The lowest BCUT2D eigenvalue weighted by atomic mass is 10.5. The van der Waals surface area contributed by atoms with Crippen LogP contribution in [0.25, 0.3) is 11.2 Å². The molecule has 0 spiro atoms. The number of hydrogen-bond donors (Lipinski definition) is 6. The van der Waals surface area contributed by atoms with Crippen LogP contribution in [0.3, 0.4) is 0 Å². The SMILES string of the molecule is NNC(=O)CNCC(=O)NNCCn1cnc2c(N)ncnc21. The van der Waals surface area contributed by atoms with Gasteiger partial charge < -0.3 is 10.3 Å². The number of nitrogen functional groups attached to an aromatic ring is 1. The van der Waals surface area contributed by atoms with Gasteiger partial charge in [0.2, 0.25) is 11.8 Å². The van der Waals surface area contributed by atoms with E-state index in [0.29, 0.717) is 30.1 Å². The predicted molar refractivity (Wildman–Crippen MR) is 81.1 cm³/mol. The largest absolute Gasteiger partial charge is 0.382 e. The molecule has 0 atom stereocenters. The molecule has 0 aliphatic carbocycles. The molecule has 0 aliphatic rings. The monoisotopic (exact) mass is 322 g/mol. The number of nitrogens with one attached hydrogen (secondary N) is 4. The minimum Gasteiger partial charge on any atom is -0.382 e. The molecule has 0 saturated carbocycles. The predicted octanol–water partition coefficient (Wildman–Crippen LogP) is -3.39. The van der Waals surface area contributed by atoms with Crippen molar-refractivity contribution in [1.82, 2.24) is 41.1 Å². The molecule has 23 heavy (non-hydrogen) atoms. The molecule has 0 fully saturated rings. The van der Waals surface area contributed by atoms with Crippen molar-refractivity contribution in [2.24, 2.45) is 5.84 Å². The summed E-state index contributed by atoms with van der Waals surface area (Å²) >= 11 is 0. The second kappa shape index (κ2) is 7.98. The number of nitrogens with zero attached hydrogens (tertiary/aromatic N) is 4. The van der Waals surface area contributed by atoms with E-state index in [2.05, 4.69) is 31.1 Å². The van der Waals surface area contributed by atoms with E-state index in [1.54, 1.807) is 10.9 Å². The number of aromatic nitrogens is 4. The molecule has 0 unspecified atom stereocenters. The highest BCUT2D eigenvalue weighted by molar-refractivity contribution is 5.81. The Morgan fingerprint density at radius 2 is 1.96 bits per heavy atom. The van der Waals surface area contributed by atoms with E-state index in [9.17, 15) is 9.59 Å². The maximum Gasteiger partial charge on any atom is 0.248 e. The van der Waals surface area contributed by atoms with Crippen LogP contribution < -0.4 is 33.2 Å². The molecule has 12 heteroatoms. The third-order valence-electron chi connectivity index (χ3n) is 2.87. The minimum atomic E-state index is -0.404. The molecule has 0 aromatic carbocycles. The normalized spacial score (nSPS) is 10.7. The third-order valence-corrected chi connectivity index (χ3v) is 2.87. The van der Waals surface area contributed by atoms with Crippen LogP contribution in [0.5, 0.6) is 0 Å². The second-order valence-corrected chi connectivity index (χ2v) is 4.52. The zero-order valence-corrected chi connectivity index (χ0v) is 12.2. The Kier molecular flexibility index (Phi) is 5.74. The van der Waals surface area contributed by atoms with Crippen molar-refractivity contribution in [3.63, 3.8) is 0 Å². The summed E-state index contributed by atoms with van der Waals surface area (Å²) in [5.74, 6) is 4.52. The van der Waals surface area contributed by atoms with Crippen molar-refractivity contribution in [3.8, 4) is 0 Å². The molecule has 2 amide bonds. The molecular weight excluding hydrogens is 304 g/mol. The fourth-order valence-electron chi connectivity index (χ4n) is 1.78. The smallest absolute Gasteiger partial charge is 0.248 e. The minimum absolute atomic E-state index is 0.0157. The Morgan fingerprint density at radius 3 is 2.74 bits per heavy atom. The summed E-state index contributed by atoms with van der Waals surface area (Å²) in [7, 11) is 0. The molecule has 0 saturated heterocycles. The number of imidazole rings is 1. The molecule has 2 aromatic heterocycles. The first kappa shape index (κ1) is 16.5. The van der Waals surface area contributed by atoms with Gasteiger partial charge in [0.15, 0.2) is 11.5 Å². The molecule has 124 valence electrons. The summed E-state index contributed by atoms with van der Waals surface area (Å²) in [5.41, 5.74) is 14.1. The third kappa shape index (κ3) is 4.57. The van der Waals surface area contributed by atoms with E-state index in [0.717, 1.165) is 0 Å². The lowest BCUT2D eigenvalue weighted by molar-refractivity contribution is -0.122. The van der Waals surface area contributed by atoms with Gasteiger partial charge in [-0.25, -0.2) is 26.2 Å². The topological polar surface area (TPSA) is 178 Å². The summed E-state index contributed by atoms with van der Waals surface area (Å²) in [6.07, 6.45) is 2.97. The summed E-state index contributed by atoms with van der Waals surface area (Å²) in [4.78, 5) is 34.4. The van der Waals surface area contributed by atoms with Gasteiger partial charge in [-0.1, -0.05) is 0 Å². The van der Waals surface area contributed by atoms with Gasteiger partial charge in [-0.15, -0.1) is 0 Å². The first-order valence-corrected chi connectivity index (χ1v) is 6.75. The zero-order chi connectivity index (χ0) is 16.7. The van der Waals surface area contributed by atoms with Gasteiger partial charge in [-0.3, -0.25) is 25.8 Å². The van der Waals surface area contributed by atoms with Crippen LogP contribution >= 0.6 is 0 Å². The fourth-order valence-corrected chi connectivity index (χ4v) is 1.78. The van der Waals surface area contributed by atoms with Crippen molar-refractivity contribution in [1.29, 1.82) is 0 Å². The van der Waals surface area contributed by atoms with Crippen LogP contribution in [0, 0.1) is 0 Å². The van der Waals surface area contributed by atoms with Crippen molar-refractivity contribution >= 4 is 28.8 Å². The first-order chi connectivity index (χ1) is 11.1. The van der Waals surface area contributed by atoms with Gasteiger partial charge in [-0.05, 0) is 0 Å². The van der Waals surface area contributed by atoms with Crippen molar-refractivity contribution in [2.75, 3.05) is 25.4 Å². The van der Waals surface area contributed by atoms with Gasteiger partial charge in [0.1, 0.15) is 11.8 Å². The van der Waals surface area contributed by atoms with E-state index in [4.69, 9.17) is 11.6 Å². The lowest BCUT2D eigenvalue weighted by Gasteiger charge is -2.08. The van der Waals surface area contributed by atoms with Gasteiger partial charge >= 0.3 is 0 Å². The standard InChI is InChI=1S/C11H18N10O2/c12-10-9-11(16-5-15-10)21(6-17-9)2-1-18-20-8(23)4-14-3-7(22)19-13/h5-6,14,18H,1-4,13H2,(H,19,22)(H,20,23)(H2,12,15,16). The zero-order valence-electron chi connectivity index (χ0n) is 12.2. The Hall–Kier alpha value is -2.83. The van der Waals surface area contributed by atoms with Gasteiger partial charge in [0.05, 0.1) is 19.4 Å². The number of amides is 2. The maximum absolute atomic E-state index is 11.5. The maximum atomic E-state index is 11.5. The van der Waals surface area contributed by atoms with Crippen LogP contribution in [-0.2, 0) is 16.1 Å². The highest BCUT2D eigenvalue weighted by Gasteiger charge is 2.07. The number of hydrogen-bond acceptors (Lipinski definition) is 9. The van der Waals surface area contributed by atoms with E-state index in [-0.39, 0.29) is 19.0 Å². The second-order valence-electron chi connectivity index (χ2n) is 4.52. The lowest BCUT2D eigenvalue weighted by Crippen LogP contribution is -2.46. The van der Waals surface area contributed by atoms with Crippen LogP contribution in [0.4, 0.5) is 5.82 Å². The molecular formula is C11H18N10O2. The summed E-state index contributed by atoms with van der Waals surface area (Å²) in [6, 6.07) is 0. The van der Waals surface area contributed by atoms with E-state index in [1.807, 2.05) is 5.43 Å². The molecule has 2 heterocycles. The summed E-state index contributed by atoms with van der Waals surface area (Å²) < 4.78 is 1.79. The summed E-state index contributed by atoms with van der Waals surface area (Å²) in [6.45, 7) is 0.922. The quantitative estimate of drug-likeness (QED) is 0.125. The molecule has 0 aliphatic heterocycles. The number of rotatable bonds is 8. The number of carbonyl (C=O) groups is 2. The van der Waals surface area contributed by atoms with Crippen molar-refractivity contribution in [2.45, 2.75) is 6.54 Å². The van der Waals surface area contributed by atoms with Gasteiger partial charge in [0, 0.05) is 13.1 Å². The van der Waals surface area contributed by atoms with E-state index < -0.39 is 5.91 Å². The van der Waals surface area contributed by atoms with Crippen LogP contribution in [0.15, 0.2) is 12.7 Å². The first-order valence-electron chi connectivity index (χ1n) is 6.75. The Balaban J connectivity index is 1.69. The molecule has 2 rings (SSSR count). The Bertz CT molecular complexity index is 684. The number of carbonyl (C=O) groups excluding carboxylic acids is 2. The van der Waals surface area contributed by atoms with Crippen LogP contribution in [0.1, 0.15) is 0 Å². The van der Waals surface area contributed by atoms with Gasteiger partial charge in [-0.2, -0.15) is 0 Å². The number of fused-ring (bicyclic) bond motifs is 1.